The van der Waals surface area contributed by atoms with Crippen LogP contribution in [0.4, 0.5) is 22.0 Å². The maximum absolute atomic E-state index is 13.1. The van der Waals surface area contributed by atoms with Gasteiger partial charge in [0.15, 0.2) is 0 Å². The van der Waals surface area contributed by atoms with Gasteiger partial charge < -0.3 is 19.4 Å². The number of alkyl halides is 5. The smallest absolute Gasteiger partial charge is 0.471 e. The predicted molar refractivity (Wildman–Crippen MR) is 136 cm³/mol. The van der Waals surface area contributed by atoms with Crippen molar-refractivity contribution in [2.24, 2.45) is 13.0 Å². The lowest BCUT2D eigenvalue weighted by atomic mass is 9.92. The minimum atomic E-state index is -5.12. The molecule has 2 heterocycles. The van der Waals surface area contributed by atoms with E-state index >= 15 is 0 Å². The van der Waals surface area contributed by atoms with Crippen LogP contribution in [0.25, 0.3) is 16.6 Å². The van der Waals surface area contributed by atoms with Crippen molar-refractivity contribution in [2.75, 3.05) is 0 Å². The molecule has 0 bridgehead atoms. The molecular formula is C27H25F5N4O4. The summed E-state index contributed by atoms with van der Waals surface area (Å²) in [6, 6.07) is 12.0. The van der Waals surface area contributed by atoms with Gasteiger partial charge in [0.1, 0.15) is 17.6 Å². The van der Waals surface area contributed by atoms with Crippen LogP contribution in [-0.2, 0) is 11.8 Å². The average Bonchev–Trinajstić information content (AvgIpc) is 3.30. The van der Waals surface area contributed by atoms with Gasteiger partial charge >= 0.3 is 18.7 Å². The van der Waals surface area contributed by atoms with E-state index in [0.29, 0.717) is 22.2 Å². The normalized spacial score (nSPS) is 13.4. The summed E-state index contributed by atoms with van der Waals surface area (Å²) >= 11 is 0. The number of aryl methyl sites for hydroxylation is 1. The second-order valence-corrected chi connectivity index (χ2v) is 9.34. The summed E-state index contributed by atoms with van der Waals surface area (Å²) < 4.78 is 78.2. The molecule has 0 aliphatic heterocycles. The van der Waals surface area contributed by atoms with E-state index in [9.17, 15) is 31.5 Å². The summed E-state index contributed by atoms with van der Waals surface area (Å²) in [4.78, 5) is 23.6. The molecule has 4 aromatic rings. The minimum absolute atomic E-state index is 0.148. The third kappa shape index (κ3) is 6.41. The van der Waals surface area contributed by atoms with Gasteiger partial charge in [-0.3, -0.25) is 9.59 Å². The van der Waals surface area contributed by atoms with Crippen LogP contribution in [0.5, 0.6) is 11.5 Å². The fraction of sp³-hybridized carbons (Fsp3) is 0.296. The van der Waals surface area contributed by atoms with Gasteiger partial charge in [-0.15, -0.1) is 0 Å². The fourth-order valence-electron chi connectivity index (χ4n) is 4.15. The molecule has 1 N–H and O–H groups in total. The van der Waals surface area contributed by atoms with Crippen molar-refractivity contribution in [1.29, 1.82) is 0 Å². The number of hydrogen-bond donors (Lipinski definition) is 1. The first kappa shape index (κ1) is 28.6. The Bertz CT molecular complexity index is 1550. The molecule has 40 heavy (non-hydrogen) atoms. The van der Waals surface area contributed by atoms with Crippen molar-refractivity contribution in [3.8, 4) is 17.2 Å². The molecule has 4 rings (SSSR count). The third-order valence-electron chi connectivity index (χ3n) is 6.15. The highest BCUT2D eigenvalue weighted by Gasteiger charge is 2.42. The van der Waals surface area contributed by atoms with E-state index in [1.54, 1.807) is 62.2 Å². The van der Waals surface area contributed by atoms with Gasteiger partial charge in [-0.25, -0.2) is 4.68 Å². The maximum atomic E-state index is 13.1. The monoisotopic (exact) mass is 564 g/mol. The van der Waals surface area contributed by atoms with Crippen molar-refractivity contribution in [1.82, 2.24) is 19.7 Å². The quantitative estimate of drug-likeness (QED) is 0.284. The third-order valence-corrected chi connectivity index (χ3v) is 6.15. The molecule has 2 atom stereocenters. The van der Waals surface area contributed by atoms with Gasteiger partial charge in [0.2, 0.25) is 5.56 Å². The zero-order valence-electron chi connectivity index (χ0n) is 21.5. The van der Waals surface area contributed by atoms with Gasteiger partial charge in [-0.2, -0.15) is 27.1 Å². The summed E-state index contributed by atoms with van der Waals surface area (Å²) in [5.74, 6) is -2.54. The Labute approximate surface area is 224 Å². The Hall–Kier alpha value is -4.42. The number of hydrogen-bond acceptors (Lipinski definition) is 5. The van der Waals surface area contributed by atoms with Crippen molar-refractivity contribution < 1.29 is 36.2 Å². The Morgan fingerprint density at radius 3 is 2.25 bits per heavy atom. The number of carbonyl (C=O) groups is 1. The Morgan fingerprint density at radius 2 is 1.65 bits per heavy atom. The average molecular weight is 565 g/mol. The van der Waals surface area contributed by atoms with Crippen LogP contribution in [0.3, 0.4) is 0 Å². The standard InChI is InChI=1S/C27H25F5N4O4/c1-15(2)23(34-25(38)27(30,31)32)24(16-4-7-19(8-5-16)40-26(28)29)39-20-9-10-21-17(12-20)13-33-36(21)18-6-11-22(37)35(3)14-18/h4-15,23-24,26H,1-3H3,(H,34,38)/t23?,24-/m1/s1. The van der Waals surface area contributed by atoms with Gasteiger partial charge in [0.05, 0.1) is 23.4 Å². The molecule has 0 radical (unpaired) electrons. The molecule has 212 valence electrons. The maximum Gasteiger partial charge on any atom is 0.471 e. The summed E-state index contributed by atoms with van der Waals surface area (Å²) in [7, 11) is 1.61. The van der Waals surface area contributed by atoms with Crippen molar-refractivity contribution >= 4 is 16.8 Å². The molecule has 0 aliphatic rings. The first-order chi connectivity index (χ1) is 18.8. The van der Waals surface area contributed by atoms with E-state index in [-0.39, 0.29) is 17.1 Å². The number of nitrogens with zero attached hydrogens (tertiary/aromatic N) is 3. The second kappa shape index (κ2) is 11.4. The van der Waals surface area contributed by atoms with Crippen molar-refractivity contribution in [2.45, 2.75) is 38.8 Å². The Kier molecular flexibility index (Phi) is 8.12. The van der Waals surface area contributed by atoms with Gasteiger partial charge in [-0.05, 0) is 47.9 Å². The molecule has 0 fully saturated rings. The minimum Gasteiger partial charge on any atom is -0.484 e. The topological polar surface area (TPSA) is 87.4 Å². The lowest BCUT2D eigenvalue weighted by Gasteiger charge is -2.32. The van der Waals surface area contributed by atoms with Crippen LogP contribution in [0.15, 0.2) is 71.8 Å². The number of fused-ring (bicyclic) bond motifs is 1. The molecule has 1 amide bonds. The second-order valence-electron chi connectivity index (χ2n) is 9.34. The fourth-order valence-corrected chi connectivity index (χ4v) is 4.15. The number of halogens is 5. The molecule has 0 spiro atoms. The number of aromatic nitrogens is 3. The number of carbonyl (C=O) groups excluding carboxylic acids is 1. The number of ether oxygens (including phenoxy) is 2. The van der Waals surface area contributed by atoms with Crippen LogP contribution in [0.2, 0.25) is 0 Å². The molecule has 2 aromatic carbocycles. The number of pyridine rings is 1. The highest BCUT2D eigenvalue weighted by atomic mass is 19.4. The highest BCUT2D eigenvalue weighted by molar-refractivity contribution is 5.82. The molecule has 8 nitrogen and oxygen atoms in total. The largest absolute Gasteiger partial charge is 0.484 e. The van der Waals surface area contributed by atoms with Crippen LogP contribution in [0.1, 0.15) is 25.5 Å². The van der Waals surface area contributed by atoms with Crippen LogP contribution in [0, 0.1) is 5.92 Å². The number of benzene rings is 2. The SMILES string of the molecule is CC(C)C(NC(=O)C(F)(F)F)[C@H](Oc1ccc2c(cnn2-c2ccc(=O)n(C)c2)c1)c1ccc(OC(F)F)cc1. The predicted octanol–water partition coefficient (Wildman–Crippen LogP) is 5.15. The van der Waals surface area contributed by atoms with E-state index in [0.717, 1.165) is 0 Å². The van der Waals surface area contributed by atoms with E-state index in [1.165, 1.54) is 34.9 Å². The van der Waals surface area contributed by atoms with E-state index < -0.39 is 36.8 Å². The van der Waals surface area contributed by atoms with Crippen molar-refractivity contribution in [3.63, 3.8) is 0 Å². The zero-order chi connectivity index (χ0) is 29.2. The highest BCUT2D eigenvalue weighted by Crippen LogP contribution is 2.32. The van der Waals surface area contributed by atoms with Gasteiger partial charge in [0.25, 0.3) is 0 Å². The summed E-state index contributed by atoms with van der Waals surface area (Å²) in [5, 5.41) is 7.01. The first-order valence-corrected chi connectivity index (χ1v) is 12.1. The van der Waals surface area contributed by atoms with E-state index in [1.807, 2.05) is 5.32 Å². The summed E-state index contributed by atoms with van der Waals surface area (Å²) in [6.45, 7) is 0.180. The van der Waals surface area contributed by atoms with Crippen LogP contribution >= 0.6 is 0 Å². The Morgan fingerprint density at radius 1 is 0.975 bits per heavy atom. The summed E-state index contributed by atoms with van der Waals surface area (Å²) in [6.07, 6.45) is -3.08. The zero-order valence-corrected chi connectivity index (χ0v) is 21.5. The van der Waals surface area contributed by atoms with Crippen LogP contribution in [-0.4, -0.2) is 39.1 Å². The van der Waals surface area contributed by atoms with Crippen LogP contribution < -0.4 is 20.3 Å². The molecule has 2 aromatic heterocycles. The number of rotatable bonds is 9. The molecule has 13 heteroatoms. The molecule has 1 unspecified atom stereocenters. The lowest BCUT2D eigenvalue weighted by molar-refractivity contribution is -0.175. The summed E-state index contributed by atoms with van der Waals surface area (Å²) in [5.41, 5.74) is 1.43. The molecular weight excluding hydrogens is 539 g/mol. The van der Waals surface area contributed by atoms with Gasteiger partial charge in [-0.1, -0.05) is 26.0 Å². The molecule has 0 aliphatic carbocycles. The lowest BCUT2D eigenvalue weighted by Crippen LogP contribution is -2.49. The number of nitrogens with one attached hydrogen (secondary N) is 1. The van der Waals surface area contributed by atoms with Crippen molar-refractivity contribution in [3.05, 3.63) is 82.9 Å². The Balaban J connectivity index is 1.70. The molecule has 0 saturated heterocycles. The number of amides is 1. The van der Waals surface area contributed by atoms with E-state index in [2.05, 4.69) is 9.84 Å². The van der Waals surface area contributed by atoms with E-state index in [4.69, 9.17) is 4.74 Å². The first-order valence-electron chi connectivity index (χ1n) is 12.1. The van der Waals surface area contributed by atoms with Gasteiger partial charge in [0, 0.05) is 24.7 Å². The molecule has 0 saturated carbocycles.